The van der Waals surface area contributed by atoms with Gasteiger partial charge in [-0.2, -0.15) is 0 Å². The summed E-state index contributed by atoms with van der Waals surface area (Å²) in [5.74, 6) is 0.595. The van der Waals surface area contributed by atoms with Crippen LogP contribution in [0.1, 0.15) is 33.1 Å². The minimum Gasteiger partial charge on any atom is -0.396 e. The minimum absolute atomic E-state index is 0.158. The van der Waals surface area contributed by atoms with Crippen molar-refractivity contribution in [1.29, 1.82) is 0 Å². The van der Waals surface area contributed by atoms with Crippen molar-refractivity contribution in [3.8, 4) is 0 Å². The molecule has 2 N–H and O–H groups in total. The number of aliphatic hydroxyl groups excluding tert-OH is 1. The van der Waals surface area contributed by atoms with Crippen molar-refractivity contribution in [3.63, 3.8) is 0 Å². The predicted octanol–water partition coefficient (Wildman–Crippen LogP) is 0.604. The molecule has 0 heterocycles. The van der Waals surface area contributed by atoms with E-state index in [1.165, 1.54) is 0 Å². The fraction of sp³-hybridized carbons (Fsp3) is 0.917. The van der Waals surface area contributed by atoms with Gasteiger partial charge in [0.25, 0.3) is 0 Å². The number of amides is 1. The summed E-state index contributed by atoms with van der Waals surface area (Å²) >= 11 is 0. The maximum absolute atomic E-state index is 11.8. The Morgan fingerprint density at radius 3 is 2.56 bits per heavy atom. The highest BCUT2D eigenvalue weighted by Gasteiger charge is 2.29. The standard InChI is InChI=1S/C12H24N2O2/c1-9(2)11(6-7-15)13-8-12(16)14(3)10-4-5-10/h9-11,13,15H,4-8H2,1-3H3. The SMILES string of the molecule is CC(C)C(CCO)NCC(=O)N(C)C1CC1. The molecule has 0 radical (unpaired) electrons. The van der Waals surface area contributed by atoms with Gasteiger partial charge < -0.3 is 15.3 Å². The van der Waals surface area contributed by atoms with E-state index in [2.05, 4.69) is 19.2 Å². The van der Waals surface area contributed by atoms with Crippen LogP contribution in [0.15, 0.2) is 0 Å². The molecule has 0 saturated heterocycles. The normalized spacial score (nSPS) is 17.6. The summed E-state index contributed by atoms with van der Waals surface area (Å²) in [6, 6.07) is 0.700. The molecular weight excluding hydrogens is 204 g/mol. The molecule has 0 aromatic carbocycles. The molecule has 0 aliphatic heterocycles. The summed E-state index contributed by atoms with van der Waals surface area (Å²) in [4.78, 5) is 13.6. The Morgan fingerprint density at radius 1 is 1.50 bits per heavy atom. The van der Waals surface area contributed by atoms with Crippen LogP contribution in [-0.2, 0) is 4.79 Å². The van der Waals surface area contributed by atoms with Gasteiger partial charge in [0.15, 0.2) is 0 Å². The van der Waals surface area contributed by atoms with Crippen LogP contribution in [-0.4, -0.2) is 48.2 Å². The van der Waals surface area contributed by atoms with Crippen molar-refractivity contribution < 1.29 is 9.90 Å². The number of carbonyl (C=O) groups excluding carboxylic acids is 1. The first-order chi connectivity index (χ1) is 7.56. The highest BCUT2D eigenvalue weighted by molar-refractivity contribution is 5.78. The summed E-state index contributed by atoms with van der Waals surface area (Å²) in [5.41, 5.74) is 0. The van der Waals surface area contributed by atoms with E-state index in [0.717, 1.165) is 12.8 Å². The molecule has 4 nitrogen and oxygen atoms in total. The van der Waals surface area contributed by atoms with E-state index in [0.29, 0.717) is 24.9 Å². The van der Waals surface area contributed by atoms with Crippen LogP contribution in [0.3, 0.4) is 0 Å². The first-order valence-electron chi connectivity index (χ1n) is 6.16. The van der Waals surface area contributed by atoms with Crippen LogP contribution in [0.2, 0.25) is 0 Å². The van der Waals surface area contributed by atoms with Gasteiger partial charge in [-0.15, -0.1) is 0 Å². The van der Waals surface area contributed by atoms with Gasteiger partial charge in [-0.3, -0.25) is 4.79 Å². The quantitative estimate of drug-likeness (QED) is 0.671. The van der Waals surface area contributed by atoms with E-state index in [-0.39, 0.29) is 18.6 Å². The van der Waals surface area contributed by atoms with E-state index in [4.69, 9.17) is 5.11 Å². The third-order valence-corrected chi connectivity index (χ3v) is 3.25. The largest absolute Gasteiger partial charge is 0.396 e. The third-order valence-electron chi connectivity index (χ3n) is 3.25. The molecule has 1 fully saturated rings. The smallest absolute Gasteiger partial charge is 0.236 e. The second-order valence-corrected chi connectivity index (χ2v) is 4.98. The number of hydrogen-bond donors (Lipinski definition) is 2. The van der Waals surface area contributed by atoms with E-state index in [1.807, 2.05) is 11.9 Å². The molecule has 16 heavy (non-hydrogen) atoms. The van der Waals surface area contributed by atoms with E-state index < -0.39 is 0 Å². The number of carbonyl (C=O) groups is 1. The Hall–Kier alpha value is -0.610. The van der Waals surface area contributed by atoms with E-state index in [1.54, 1.807) is 0 Å². The summed E-state index contributed by atoms with van der Waals surface area (Å²) in [6.45, 7) is 4.75. The maximum atomic E-state index is 11.8. The van der Waals surface area contributed by atoms with Crippen molar-refractivity contribution in [2.75, 3.05) is 20.2 Å². The molecule has 0 aromatic rings. The zero-order chi connectivity index (χ0) is 12.1. The van der Waals surface area contributed by atoms with Crippen molar-refractivity contribution >= 4 is 5.91 Å². The Balaban J connectivity index is 2.27. The first kappa shape index (κ1) is 13.5. The van der Waals surface area contributed by atoms with Crippen molar-refractivity contribution in [3.05, 3.63) is 0 Å². The molecule has 1 rings (SSSR count). The number of rotatable bonds is 7. The molecule has 0 aromatic heterocycles. The molecule has 4 heteroatoms. The lowest BCUT2D eigenvalue weighted by atomic mass is 10.0. The number of nitrogens with zero attached hydrogens (tertiary/aromatic N) is 1. The zero-order valence-electron chi connectivity index (χ0n) is 10.6. The van der Waals surface area contributed by atoms with Crippen LogP contribution >= 0.6 is 0 Å². The van der Waals surface area contributed by atoms with Crippen molar-refractivity contribution in [2.24, 2.45) is 5.92 Å². The van der Waals surface area contributed by atoms with Crippen molar-refractivity contribution in [1.82, 2.24) is 10.2 Å². The molecule has 1 aliphatic rings. The lowest BCUT2D eigenvalue weighted by molar-refractivity contribution is -0.129. The van der Waals surface area contributed by atoms with Gasteiger partial charge in [-0.1, -0.05) is 13.8 Å². The predicted molar refractivity (Wildman–Crippen MR) is 64.1 cm³/mol. The number of hydrogen-bond acceptors (Lipinski definition) is 3. The lowest BCUT2D eigenvalue weighted by Gasteiger charge is -2.23. The van der Waals surface area contributed by atoms with Gasteiger partial charge in [0.2, 0.25) is 5.91 Å². The molecular formula is C12H24N2O2. The molecule has 1 atom stereocenters. The van der Waals surface area contributed by atoms with Crippen LogP contribution < -0.4 is 5.32 Å². The third kappa shape index (κ3) is 4.10. The monoisotopic (exact) mass is 228 g/mol. The maximum Gasteiger partial charge on any atom is 0.236 e. The number of aliphatic hydroxyl groups is 1. The number of likely N-dealkylation sites (N-methyl/N-ethyl adjacent to an activating group) is 1. The average molecular weight is 228 g/mol. The molecule has 0 bridgehead atoms. The van der Waals surface area contributed by atoms with Crippen LogP contribution in [0, 0.1) is 5.92 Å². The first-order valence-corrected chi connectivity index (χ1v) is 6.16. The van der Waals surface area contributed by atoms with Gasteiger partial charge in [0.1, 0.15) is 0 Å². The van der Waals surface area contributed by atoms with Crippen LogP contribution in [0.25, 0.3) is 0 Å². The topological polar surface area (TPSA) is 52.6 Å². The molecule has 1 amide bonds. The Labute approximate surface area is 98.0 Å². The molecule has 0 spiro atoms. The summed E-state index contributed by atoms with van der Waals surface area (Å²) < 4.78 is 0. The molecule has 1 saturated carbocycles. The second-order valence-electron chi connectivity index (χ2n) is 4.98. The van der Waals surface area contributed by atoms with Crippen molar-refractivity contribution in [2.45, 2.75) is 45.2 Å². The Kier molecular flexibility index (Phi) is 5.22. The molecule has 1 unspecified atom stereocenters. The van der Waals surface area contributed by atoms with E-state index in [9.17, 15) is 4.79 Å². The van der Waals surface area contributed by atoms with Gasteiger partial charge >= 0.3 is 0 Å². The summed E-state index contributed by atoms with van der Waals surface area (Å²) in [6.07, 6.45) is 3.00. The Bertz CT molecular complexity index is 227. The van der Waals surface area contributed by atoms with Gasteiger partial charge in [-0.25, -0.2) is 0 Å². The van der Waals surface area contributed by atoms with Gasteiger partial charge in [-0.05, 0) is 25.2 Å². The molecule has 94 valence electrons. The van der Waals surface area contributed by atoms with Gasteiger partial charge in [0.05, 0.1) is 6.54 Å². The van der Waals surface area contributed by atoms with E-state index >= 15 is 0 Å². The summed E-state index contributed by atoms with van der Waals surface area (Å²) in [5, 5.41) is 12.2. The minimum atomic E-state index is 0.158. The van der Waals surface area contributed by atoms with Crippen LogP contribution in [0.4, 0.5) is 0 Å². The second kappa shape index (κ2) is 6.21. The van der Waals surface area contributed by atoms with Crippen LogP contribution in [0.5, 0.6) is 0 Å². The average Bonchev–Trinajstić information content (AvgIpc) is 3.05. The highest BCUT2D eigenvalue weighted by atomic mass is 16.3. The Morgan fingerprint density at radius 2 is 2.12 bits per heavy atom. The number of nitrogens with one attached hydrogen (secondary N) is 1. The van der Waals surface area contributed by atoms with Gasteiger partial charge in [0, 0.05) is 25.7 Å². The highest BCUT2D eigenvalue weighted by Crippen LogP contribution is 2.25. The lowest BCUT2D eigenvalue weighted by Crippen LogP contribution is -2.43. The summed E-state index contributed by atoms with van der Waals surface area (Å²) in [7, 11) is 1.87. The fourth-order valence-corrected chi connectivity index (χ4v) is 1.82. The zero-order valence-corrected chi connectivity index (χ0v) is 10.6. The fourth-order valence-electron chi connectivity index (χ4n) is 1.82. The molecule has 1 aliphatic carbocycles.